The number of hydrogen-bond acceptors (Lipinski definition) is 9. The number of carbonyl (C=O) groups is 2. The Balaban J connectivity index is 0.000000196. The molecule has 0 saturated carbocycles. The highest BCUT2D eigenvalue weighted by molar-refractivity contribution is 6.01. The smallest absolute Gasteiger partial charge is 0.256 e. The average molecular weight is 919 g/mol. The van der Waals surface area contributed by atoms with Gasteiger partial charge in [0.1, 0.15) is 5.82 Å². The molecule has 4 atom stereocenters. The van der Waals surface area contributed by atoms with E-state index < -0.39 is 0 Å². The summed E-state index contributed by atoms with van der Waals surface area (Å²) < 4.78 is 0. The first-order chi connectivity index (χ1) is 32.9. The third-order valence-electron chi connectivity index (χ3n) is 14.5. The van der Waals surface area contributed by atoms with Crippen LogP contribution in [0.3, 0.4) is 0 Å². The van der Waals surface area contributed by atoms with Crippen LogP contribution in [0, 0.1) is 41.9 Å². The zero-order chi connectivity index (χ0) is 48.5. The van der Waals surface area contributed by atoms with Crippen LogP contribution >= 0.6 is 0 Å². The number of benzene rings is 4. The molecule has 1 aromatic heterocycles. The van der Waals surface area contributed by atoms with Gasteiger partial charge in [-0.1, -0.05) is 108 Å². The van der Waals surface area contributed by atoms with Gasteiger partial charge in [-0.05, 0) is 99.0 Å². The normalized spacial score (nSPS) is 21.0. The van der Waals surface area contributed by atoms with Crippen molar-refractivity contribution >= 4 is 23.2 Å². The van der Waals surface area contributed by atoms with Crippen LogP contribution in [0.2, 0.25) is 0 Å². The van der Waals surface area contributed by atoms with Gasteiger partial charge in [0.05, 0.1) is 46.2 Å². The minimum absolute atomic E-state index is 0.0259. The van der Waals surface area contributed by atoms with Crippen molar-refractivity contribution in [1.82, 2.24) is 34.8 Å². The number of amides is 2. The van der Waals surface area contributed by atoms with Crippen molar-refractivity contribution in [2.75, 3.05) is 89.3 Å². The van der Waals surface area contributed by atoms with E-state index in [0.29, 0.717) is 53.7 Å². The van der Waals surface area contributed by atoms with Crippen molar-refractivity contribution in [3.63, 3.8) is 0 Å². The average Bonchev–Trinajstić information content (AvgIpc) is 4.17. The van der Waals surface area contributed by atoms with E-state index in [9.17, 15) is 14.9 Å². The van der Waals surface area contributed by atoms with Gasteiger partial charge in [-0.3, -0.25) is 14.7 Å². The van der Waals surface area contributed by atoms with Gasteiger partial charge in [0.15, 0.2) is 5.82 Å². The fourth-order valence-electron chi connectivity index (χ4n) is 10.3. The Kier molecular flexibility index (Phi) is 16.8. The molecule has 5 heterocycles. The molecule has 12 heteroatoms. The topological polar surface area (TPSA) is 119 Å². The first-order valence-corrected chi connectivity index (χ1v) is 25.0. The van der Waals surface area contributed by atoms with E-state index in [2.05, 4.69) is 130 Å². The van der Waals surface area contributed by atoms with Gasteiger partial charge >= 0.3 is 0 Å². The highest BCUT2D eigenvalue weighted by Crippen LogP contribution is 2.37. The second-order valence-electron chi connectivity index (χ2n) is 19.7. The Morgan fingerprint density at radius 3 is 1.53 bits per heavy atom. The summed E-state index contributed by atoms with van der Waals surface area (Å²) in [6.07, 6.45) is 2.28. The Bertz CT molecular complexity index is 2480. The standard InChI is InChI=1S/C28H36N6O.C26H32N4O.C2H6/c1-19(2)23-12-13-33(17-23)25-16-22(27-29-20(3)30-31-27)10-11-24(25)28(35)34-15-14-32(4)18-26(34)21-8-6-5-7-9-21;1-19(2)22-11-12-29(17-22)24-15-20(16-27)9-10-23(24)26(31)30-14-13-28(3)18-25(30)21-7-5-4-6-8-21;1-2/h5-11,16,19,23,26H,12-15,17-18H2,1-4H3,(H,29,30,31);4-10,15,19,22,25H,11-14,17-18H2,1-3H3;1-2H3. The highest BCUT2D eigenvalue weighted by atomic mass is 16.2. The Morgan fingerprint density at radius 1 is 0.632 bits per heavy atom. The number of hydrogen-bond donors (Lipinski definition) is 1. The predicted molar refractivity (Wildman–Crippen MR) is 275 cm³/mol. The van der Waals surface area contributed by atoms with Crippen molar-refractivity contribution in [2.24, 2.45) is 23.7 Å². The summed E-state index contributed by atoms with van der Waals surface area (Å²) in [5.74, 6) is 4.11. The van der Waals surface area contributed by atoms with Crippen molar-refractivity contribution in [2.45, 2.75) is 73.4 Å². The number of nitriles is 1. The number of aromatic amines is 1. The largest absolute Gasteiger partial charge is 0.371 e. The maximum Gasteiger partial charge on any atom is 0.256 e. The number of likely N-dealkylation sites (N-methyl/N-ethyl adjacent to an activating group) is 2. The summed E-state index contributed by atoms with van der Waals surface area (Å²) in [6, 6.07) is 34.7. The molecule has 0 aliphatic carbocycles. The molecule has 4 unspecified atom stereocenters. The van der Waals surface area contributed by atoms with E-state index in [0.717, 1.165) is 93.5 Å². The number of aromatic nitrogens is 3. The molecular formula is C56H74N10O2. The number of H-pyrrole nitrogens is 1. The van der Waals surface area contributed by atoms with Crippen molar-refractivity contribution in [3.05, 3.63) is 131 Å². The molecule has 4 aliphatic heterocycles. The monoisotopic (exact) mass is 919 g/mol. The molecule has 2 amide bonds. The van der Waals surface area contributed by atoms with E-state index >= 15 is 0 Å². The van der Waals surface area contributed by atoms with Crippen LogP contribution in [-0.2, 0) is 0 Å². The summed E-state index contributed by atoms with van der Waals surface area (Å²) in [4.78, 5) is 46.0. The van der Waals surface area contributed by atoms with Gasteiger partial charge in [-0.25, -0.2) is 4.98 Å². The number of nitrogens with one attached hydrogen (secondary N) is 1. The lowest BCUT2D eigenvalue weighted by molar-refractivity contribution is 0.0492. The quantitative estimate of drug-likeness (QED) is 0.154. The molecule has 4 saturated heterocycles. The number of piperazine rings is 2. The van der Waals surface area contributed by atoms with Crippen LogP contribution < -0.4 is 9.80 Å². The van der Waals surface area contributed by atoms with Crippen LogP contribution in [0.1, 0.15) is 110 Å². The first kappa shape index (κ1) is 49.9. The van der Waals surface area contributed by atoms with Crippen LogP contribution in [0.25, 0.3) is 11.4 Å². The second kappa shape index (κ2) is 22.8. The number of rotatable bonds is 9. The molecule has 12 nitrogen and oxygen atoms in total. The number of anilines is 2. The Labute approximate surface area is 405 Å². The van der Waals surface area contributed by atoms with E-state index in [1.54, 1.807) is 6.07 Å². The third-order valence-corrected chi connectivity index (χ3v) is 14.5. The predicted octanol–water partition coefficient (Wildman–Crippen LogP) is 9.59. The van der Waals surface area contributed by atoms with E-state index in [4.69, 9.17) is 0 Å². The summed E-state index contributed by atoms with van der Waals surface area (Å²) in [6.45, 7) is 23.6. The SMILES string of the molecule is CC.CC(C)C1CCN(c2cc(C#N)ccc2C(=O)N2CCN(C)CC2c2ccccc2)C1.Cc1nc(-c2ccc(C(=O)N3CCN(C)CC3c3ccccc3)c(N3CCC(C(C)C)C3)c2)n[nH]1. The number of carbonyl (C=O) groups excluding carboxylic acids is 2. The molecular weight excluding hydrogens is 845 g/mol. The molecule has 0 bridgehead atoms. The van der Waals surface area contributed by atoms with Gasteiger partial charge in [0.2, 0.25) is 0 Å². The first-order valence-electron chi connectivity index (χ1n) is 25.0. The van der Waals surface area contributed by atoms with Crippen molar-refractivity contribution in [1.29, 1.82) is 5.26 Å². The molecule has 5 aromatic rings. The van der Waals surface area contributed by atoms with Crippen LogP contribution in [0.5, 0.6) is 0 Å². The minimum Gasteiger partial charge on any atom is -0.371 e. The zero-order valence-electron chi connectivity index (χ0n) is 42.0. The molecule has 360 valence electrons. The van der Waals surface area contributed by atoms with E-state index in [1.807, 2.05) is 74.2 Å². The lowest BCUT2D eigenvalue weighted by Gasteiger charge is -2.41. The summed E-state index contributed by atoms with van der Waals surface area (Å²) >= 11 is 0. The molecule has 4 aromatic carbocycles. The molecule has 9 rings (SSSR count). The number of aryl methyl sites for hydroxylation is 1. The van der Waals surface area contributed by atoms with Gasteiger partial charge in [-0.15, -0.1) is 0 Å². The van der Waals surface area contributed by atoms with Gasteiger partial charge in [-0.2, -0.15) is 10.4 Å². The van der Waals surface area contributed by atoms with E-state index in [1.165, 1.54) is 11.1 Å². The molecule has 0 radical (unpaired) electrons. The molecule has 0 spiro atoms. The zero-order valence-corrected chi connectivity index (χ0v) is 42.0. The maximum absolute atomic E-state index is 14.2. The van der Waals surface area contributed by atoms with Crippen LogP contribution in [-0.4, -0.2) is 126 Å². The van der Waals surface area contributed by atoms with Crippen molar-refractivity contribution < 1.29 is 9.59 Å². The summed E-state index contributed by atoms with van der Waals surface area (Å²) in [5.41, 5.74) is 7.30. The molecule has 4 aliphatic rings. The van der Waals surface area contributed by atoms with Crippen molar-refractivity contribution in [3.8, 4) is 17.5 Å². The fourth-order valence-corrected chi connectivity index (χ4v) is 10.3. The Morgan fingerprint density at radius 2 is 1.10 bits per heavy atom. The van der Waals surface area contributed by atoms with Gasteiger partial charge in [0.25, 0.3) is 11.8 Å². The molecule has 1 N–H and O–H groups in total. The lowest BCUT2D eigenvalue weighted by Crippen LogP contribution is -2.49. The highest BCUT2D eigenvalue weighted by Gasteiger charge is 2.36. The summed E-state index contributed by atoms with van der Waals surface area (Å²) in [5, 5.41) is 16.8. The lowest BCUT2D eigenvalue weighted by atomic mass is 9.95. The van der Waals surface area contributed by atoms with Gasteiger partial charge < -0.3 is 29.4 Å². The third kappa shape index (κ3) is 11.4. The summed E-state index contributed by atoms with van der Waals surface area (Å²) in [7, 11) is 4.24. The van der Waals surface area contributed by atoms with Gasteiger partial charge in [0, 0.05) is 71.0 Å². The van der Waals surface area contributed by atoms with Crippen LogP contribution in [0.15, 0.2) is 97.1 Å². The fraction of sp³-hybridized carbons (Fsp3) is 0.482. The minimum atomic E-state index is 0.0259. The number of nitrogens with zero attached hydrogens (tertiary/aromatic N) is 9. The second-order valence-corrected chi connectivity index (χ2v) is 19.7. The Hall–Kier alpha value is -6.03. The van der Waals surface area contributed by atoms with Crippen LogP contribution in [0.4, 0.5) is 11.4 Å². The molecule has 4 fully saturated rings. The van der Waals surface area contributed by atoms with E-state index in [-0.39, 0.29) is 23.9 Å². The maximum atomic E-state index is 14.2. The molecule has 68 heavy (non-hydrogen) atoms.